The van der Waals surface area contributed by atoms with E-state index in [-0.39, 0.29) is 19.8 Å². The summed E-state index contributed by atoms with van der Waals surface area (Å²) in [6.45, 7) is 4.50. The van der Waals surface area contributed by atoms with E-state index in [1.807, 2.05) is 0 Å². The standard InChI is InChI=1S/C14H24F8O4Si/c1-6-10(27(23-7-2,24-8-3)25-9-4)26-14(21,22)13(19,20)12(17,18)11(5,15)16/h10H,6-9H2,1-5H3. The molecule has 1 unspecified atom stereocenters. The van der Waals surface area contributed by atoms with Crippen molar-refractivity contribution in [1.29, 1.82) is 0 Å². The van der Waals surface area contributed by atoms with Gasteiger partial charge in [-0.25, -0.2) is 0 Å². The van der Waals surface area contributed by atoms with Gasteiger partial charge in [-0.3, -0.25) is 0 Å². The molecule has 0 aromatic carbocycles. The van der Waals surface area contributed by atoms with Gasteiger partial charge in [0.05, 0.1) is 0 Å². The molecule has 0 rings (SSSR count). The molecule has 164 valence electrons. The summed E-state index contributed by atoms with van der Waals surface area (Å²) in [6, 6.07) is 0. The van der Waals surface area contributed by atoms with Crippen molar-refractivity contribution >= 4 is 8.80 Å². The summed E-state index contributed by atoms with van der Waals surface area (Å²) in [5.41, 5.74) is -2.00. The van der Waals surface area contributed by atoms with E-state index in [1.165, 1.54) is 27.7 Å². The second-order valence-electron chi connectivity index (χ2n) is 5.47. The monoisotopic (exact) mass is 436 g/mol. The van der Waals surface area contributed by atoms with E-state index in [1.54, 1.807) is 0 Å². The molecule has 0 saturated heterocycles. The van der Waals surface area contributed by atoms with Gasteiger partial charge in [0.25, 0.3) is 0 Å². The van der Waals surface area contributed by atoms with E-state index in [9.17, 15) is 35.1 Å². The molecule has 0 fully saturated rings. The molecule has 0 amide bonds. The number of hydrogen-bond acceptors (Lipinski definition) is 4. The Balaban J connectivity index is 5.99. The van der Waals surface area contributed by atoms with E-state index >= 15 is 0 Å². The van der Waals surface area contributed by atoms with Crippen LogP contribution in [0.25, 0.3) is 0 Å². The minimum atomic E-state index is -6.52. The fraction of sp³-hybridized carbons (Fsp3) is 1.00. The van der Waals surface area contributed by atoms with Crippen molar-refractivity contribution in [2.45, 2.75) is 70.6 Å². The molecule has 0 aromatic heterocycles. The van der Waals surface area contributed by atoms with E-state index in [2.05, 4.69) is 4.74 Å². The van der Waals surface area contributed by atoms with Crippen LogP contribution in [0.5, 0.6) is 0 Å². The van der Waals surface area contributed by atoms with Gasteiger partial charge in [0.15, 0.2) is 0 Å². The van der Waals surface area contributed by atoms with Gasteiger partial charge in [-0.2, -0.15) is 35.1 Å². The largest absolute Gasteiger partial charge is 0.531 e. The number of alkyl halides is 8. The molecule has 0 aliphatic rings. The third-order valence-electron chi connectivity index (χ3n) is 3.40. The van der Waals surface area contributed by atoms with Crippen molar-refractivity contribution < 1.29 is 53.1 Å². The van der Waals surface area contributed by atoms with Crippen molar-refractivity contribution in [3.05, 3.63) is 0 Å². The van der Waals surface area contributed by atoms with Crippen molar-refractivity contribution in [1.82, 2.24) is 0 Å². The third-order valence-corrected chi connectivity index (χ3v) is 6.79. The number of halogens is 8. The van der Waals surface area contributed by atoms with Crippen LogP contribution in [0.4, 0.5) is 35.1 Å². The molecule has 0 aliphatic heterocycles. The van der Waals surface area contributed by atoms with Crippen LogP contribution < -0.4 is 0 Å². The van der Waals surface area contributed by atoms with Crippen LogP contribution in [0, 0.1) is 0 Å². The van der Waals surface area contributed by atoms with Gasteiger partial charge >= 0.3 is 32.7 Å². The lowest BCUT2D eigenvalue weighted by Crippen LogP contribution is -2.66. The highest BCUT2D eigenvalue weighted by Gasteiger charge is 2.81. The Morgan fingerprint density at radius 2 is 1.07 bits per heavy atom. The quantitative estimate of drug-likeness (QED) is 0.304. The van der Waals surface area contributed by atoms with Crippen LogP contribution in [0.3, 0.4) is 0 Å². The molecule has 4 nitrogen and oxygen atoms in total. The summed E-state index contributed by atoms with van der Waals surface area (Å²) in [6.07, 6.45) is -6.41. The summed E-state index contributed by atoms with van der Waals surface area (Å²) in [7, 11) is -4.19. The Bertz CT molecular complexity index is 442. The number of rotatable bonds is 13. The maximum absolute atomic E-state index is 14.0. The minimum Gasteiger partial charge on any atom is -0.372 e. The molecule has 0 saturated carbocycles. The van der Waals surface area contributed by atoms with E-state index in [4.69, 9.17) is 13.3 Å². The third kappa shape index (κ3) is 5.31. The first kappa shape index (κ1) is 26.5. The molecule has 0 radical (unpaired) electrons. The first-order chi connectivity index (χ1) is 12.1. The van der Waals surface area contributed by atoms with Crippen molar-refractivity contribution in [2.75, 3.05) is 19.8 Å². The Labute approximate surface area is 153 Å². The lowest BCUT2D eigenvalue weighted by molar-refractivity contribution is -0.430. The summed E-state index contributed by atoms with van der Waals surface area (Å²) >= 11 is 0. The molecule has 1 atom stereocenters. The molecular formula is C14H24F8O4Si. The van der Waals surface area contributed by atoms with Gasteiger partial charge in [0.1, 0.15) is 5.73 Å². The van der Waals surface area contributed by atoms with Crippen LogP contribution in [-0.4, -0.2) is 58.2 Å². The van der Waals surface area contributed by atoms with Gasteiger partial charge in [0.2, 0.25) is 0 Å². The van der Waals surface area contributed by atoms with Crippen LogP contribution >= 0.6 is 0 Å². The molecular weight excluding hydrogens is 412 g/mol. The Kier molecular flexibility index (Phi) is 9.16. The minimum absolute atomic E-state index is 0.142. The second kappa shape index (κ2) is 9.33. The normalized spacial score (nSPS) is 15.9. The highest BCUT2D eigenvalue weighted by Crippen LogP contribution is 2.53. The van der Waals surface area contributed by atoms with Gasteiger partial charge in [-0.05, 0) is 27.2 Å². The van der Waals surface area contributed by atoms with Gasteiger partial charge in [-0.1, -0.05) is 6.92 Å². The molecule has 0 spiro atoms. The smallest absolute Gasteiger partial charge is 0.372 e. The average Bonchev–Trinajstić information content (AvgIpc) is 2.51. The lowest BCUT2D eigenvalue weighted by Gasteiger charge is -2.39. The molecule has 0 heterocycles. The topological polar surface area (TPSA) is 36.9 Å². The van der Waals surface area contributed by atoms with Crippen LogP contribution in [-0.2, 0) is 18.0 Å². The van der Waals surface area contributed by atoms with Crippen LogP contribution in [0.15, 0.2) is 0 Å². The Morgan fingerprint density at radius 1 is 0.704 bits per heavy atom. The van der Waals surface area contributed by atoms with E-state index < -0.39 is 51.8 Å². The highest BCUT2D eigenvalue weighted by molar-refractivity contribution is 6.62. The van der Waals surface area contributed by atoms with Crippen LogP contribution in [0.1, 0.15) is 41.0 Å². The Hall–Kier alpha value is -0.503. The zero-order chi connectivity index (χ0) is 21.7. The summed E-state index contributed by atoms with van der Waals surface area (Å²) < 4.78 is 127. The van der Waals surface area contributed by atoms with Gasteiger partial charge in [-0.15, -0.1) is 0 Å². The van der Waals surface area contributed by atoms with Crippen molar-refractivity contribution in [3.8, 4) is 0 Å². The lowest BCUT2D eigenvalue weighted by atomic mass is 10.1. The molecule has 0 bridgehead atoms. The fourth-order valence-electron chi connectivity index (χ4n) is 2.12. The predicted octanol–water partition coefficient (Wildman–Crippen LogP) is 4.89. The first-order valence-corrected chi connectivity index (χ1v) is 10.0. The fourth-order valence-corrected chi connectivity index (χ4v) is 4.93. The Morgan fingerprint density at radius 3 is 1.33 bits per heavy atom. The van der Waals surface area contributed by atoms with E-state index in [0.29, 0.717) is 0 Å². The zero-order valence-corrected chi connectivity index (χ0v) is 16.6. The second-order valence-corrected chi connectivity index (χ2v) is 8.19. The molecule has 0 aliphatic carbocycles. The van der Waals surface area contributed by atoms with Crippen molar-refractivity contribution in [2.24, 2.45) is 0 Å². The first-order valence-electron chi connectivity index (χ1n) is 8.21. The van der Waals surface area contributed by atoms with Crippen LogP contribution in [0.2, 0.25) is 0 Å². The summed E-state index contributed by atoms with van der Waals surface area (Å²) in [5, 5.41) is 0. The maximum atomic E-state index is 14.0. The van der Waals surface area contributed by atoms with Crippen molar-refractivity contribution in [3.63, 3.8) is 0 Å². The highest BCUT2D eigenvalue weighted by atomic mass is 28.4. The predicted molar refractivity (Wildman–Crippen MR) is 81.3 cm³/mol. The SMILES string of the molecule is CCO[Si](OCC)(OCC)C(CC)OC(F)(F)C(F)(F)C(F)(F)C(C)(F)F. The summed E-state index contributed by atoms with van der Waals surface area (Å²) in [4.78, 5) is 0. The number of ether oxygens (including phenoxy) is 1. The molecule has 27 heavy (non-hydrogen) atoms. The maximum Gasteiger partial charge on any atom is 0.531 e. The van der Waals surface area contributed by atoms with Gasteiger partial charge < -0.3 is 18.0 Å². The molecule has 13 heteroatoms. The molecule has 0 aromatic rings. The van der Waals surface area contributed by atoms with Gasteiger partial charge in [0, 0.05) is 26.7 Å². The average molecular weight is 436 g/mol. The number of hydrogen-bond donors (Lipinski definition) is 0. The van der Waals surface area contributed by atoms with E-state index in [0.717, 1.165) is 0 Å². The zero-order valence-electron chi connectivity index (χ0n) is 15.6. The summed E-state index contributed by atoms with van der Waals surface area (Å²) in [5.74, 6) is -18.3. The molecule has 0 N–H and O–H groups in total.